The first-order chi connectivity index (χ1) is 8.36. The van der Waals surface area contributed by atoms with Crippen molar-refractivity contribution < 1.29 is 9.53 Å². The number of carbonyl (C=O) groups excluding carboxylic acids is 1. The van der Waals surface area contributed by atoms with Crippen molar-refractivity contribution in [2.75, 3.05) is 11.5 Å². The Morgan fingerprint density at radius 2 is 2.24 bits per heavy atom. The van der Waals surface area contributed by atoms with Crippen LogP contribution in [0, 0.1) is 0 Å². The molecule has 1 saturated heterocycles. The largest absolute Gasteiger partial charge is 0.368 e. The van der Waals surface area contributed by atoms with Crippen LogP contribution in [0.1, 0.15) is 25.7 Å². The van der Waals surface area contributed by atoms with Crippen molar-refractivity contribution >= 4 is 11.7 Å². The topological polar surface area (TPSA) is 42.4 Å². The maximum atomic E-state index is 12.4. The molecular weight excluding hydrogens is 216 g/mol. The van der Waals surface area contributed by atoms with E-state index in [1.54, 1.807) is 6.20 Å². The molecular formula is C13H16N2O2. The van der Waals surface area contributed by atoms with Gasteiger partial charge in [-0.1, -0.05) is 6.07 Å². The highest BCUT2D eigenvalue weighted by Gasteiger charge is 2.38. The summed E-state index contributed by atoms with van der Waals surface area (Å²) < 4.78 is 5.48. The number of pyridine rings is 1. The van der Waals surface area contributed by atoms with Crippen molar-refractivity contribution in [3.63, 3.8) is 0 Å². The van der Waals surface area contributed by atoms with Crippen LogP contribution in [0.4, 0.5) is 5.82 Å². The molecule has 0 bridgehead atoms. The third-order valence-electron chi connectivity index (χ3n) is 3.25. The van der Waals surface area contributed by atoms with Crippen LogP contribution in [0.2, 0.25) is 0 Å². The fourth-order valence-electron chi connectivity index (χ4n) is 2.24. The van der Waals surface area contributed by atoms with E-state index < -0.39 is 0 Å². The number of carbonyl (C=O) groups is 1. The molecule has 1 atom stereocenters. The molecule has 1 amide bonds. The van der Waals surface area contributed by atoms with Crippen molar-refractivity contribution in [2.24, 2.45) is 0 Å². The van der Waals surface area contributed by atoms with E-state index in [2.05, 4.69) is 4.98 Å². The summed E-state index contributed by atoms with van der Waals surface area (Å²) >= 11 is 0. The van der Waals surface area contributed by atoms with Gasteiger partial charge in [-0.3, -0.25) is 9.69 Å². The monoisotopic (exact) mass is 232 g/mol. The normalized spacial score (nSPS) is 23.6. The van der Waals surface area contributed by atoms with E-state index in [-0.39, 0.29) is 12.0 Å². The zero-order valence-corrected chi connectivity index (χ0v) is 9.71. The summed E-state index contributed by atoms with van der Waals surface area (Å²) in [7, 11) is 0. The van der Waals surface area contributed by atoms with Gasteiger partial charge in [-0.05, 0) is 37.8 Å². The molecule has 17 heavy (non-hydrogen) atoms. The molecule has 0 N–H and O–H groups in total. The van der Waals surface area contributed by atoms with Gasteiger partial charge < -0.3 is 4.74 Å². The predicted molar refractivity (Wildman–Crippen MR) is 63.7 cm³/mol. The summed E-state index contributed by atoms with van der Waals surface area (Å²) in [5.41, 5.74) is 0. The zero-order valence-electron chi connectivity index (χ0n) is 9.71. The molecule has 1 unspecified atom stereocenters. The maximum Gasteiger partial charge on any atom is 0.257 e. The third kappa shape index (κ3) is 2.17. The lowest BCUT2D eigenvalue weighted by molar-refractivity contribution is -0.127. The molecule has 1 aliphatic heterocycles. The molecule has 1 aromatic rings. The molecule has 1 aliphatic carbocycles. The van der Waals surface area contributed by atoms with Crippen LogP contribution in [0.5, 0.6) is 0 Å². The van der Waals surface area contributed by atoms with E-state index in [4.69, 9.17) is 4.74 Å². The van der Waals surface area contributed by atoms with Crippen molar-refractivity contribution in [3.8, 4) is 0 Å². The van der Waals surface area contributed by atoms with Gasteiger partial charge in [-0.15, -0.1) is 0 Å². The van der Waals surface area contributed by atoms with Gasteiger partial charge in [0.1, 0.15) is 11.9 Å². The van der Waals surface area contributed by atoms with Crippen LogP contribution in [0.15, 0.2) is 24.4 Å². The summed E-state index contributed by atoms with van der Waals surface area (Å²) in [5, 5.41) is 0. The molecule has 2 heterocycles. The highest BCUT2D eigenvalue weighted by Crippen LogP contribution is 2.32. The van der Waals surface area contributed by atoms with Gasteiger partial charge in [0, 0.05) is 18.8 Å². The number of aromatic nitrogens is 1. The second-order valence-electron chi connectivity index (χ2n) is 4.63. The molecule has 2 fully saturated rings. The third-order valence-corrected chi connectivity index (χ3v) is 3.25. The Morgan fingerprint density at radius 1 is 1.35 bits per heavy atom. The SMILES string of the molecule is O=C(C1CCCO1)N(c1ccccn1)C1CC1. The fourth-order valence-corrected chi connectivity index (χ4v) is 2.24. The lowest BCUT2D eigenvalue weighted by Gasteiger charge is -2.24. The second kappa shape index (κ2) is 4.45. The van der Waals surface area contributed by atoms with Crippen LogP contribution < -0.4 is 4.90 Å². The van der Waals surface area contributed by atoms with Crippen LogP contribution in [0.3, 0.4) is 0 Å². The van der Waals surface area contributed by atoms with Crippen molar-refractivity contribution in [1.29, 1.82) is 0 Å². The first-order valence-corrected chi connectivity index (χ1v) is 6.22. The van der Waals surface area contributed by atoms with Crippen molar-refractivity contribution in [2.45, 2.75) is 37.8 Å². The first kappa shape index (κ1) is 10.7. The van der Waals surface area contributed by atoms with Crippen LogP contribution in [-0.4, -0.2) is 29.6 Å². The molecule has 1 saturated carbocycles. The summed E-state index contributed by atoms with van der Waals surface area (Å²) in [6.45, 7) is 0.705. The number of hydrogen-bond donors (Lipinski definition) is 0. The van der Waals surface area contributed by atoms with E-state index in [1.807, 2.05) is 23.1 Å². The Hall–Kier alpha value is -1.42. The minimum absolute atomic E-state index is 0.0868. The Balaban J connectivity index is 1.82. The number of hydrogen-bond acceptors (Lipinski definition) is 3. The predicted octanol–water partition coefficient (Wildman–Crippen LogP) is 1.76. The van der Waals surface area contributed by atoms with Gasteiger partial charge in [0.2, 0.25) is 0 Å². The Labute approximate surface area is 101 Å². The highest BCUT2D eigenvalue weighted by atomic mass is 16.5. The van der Waals surface area contributed by atoms with E-state index in [0.29, 0.717) is 12.6 Å². The van der Waals surface area contributed by atoms with Crippen LogP contribution in [0.25, 0.3) is 0 Å². The zero-order chi connectivity index (χ0) is 11.7. The second-order valence-corrected chi connectivity index (χ2v) is 4.63. The molecule has 0 aromatic carbocycles. The standard InChI is InChI=1S/C13H16N2O2/c16-13(11-4-3-9-17-11)15(10-6-7-10)12-5-1-2-8-14-12/h1-2,5,8,10-11H,3-4,6-7,9H2. The summed E-state index contributed by atoms with van der Waals surface area (Å²) in [4.78, 5) is 18.5. The average Bonchev–Trinajstić information content (AvgIpc) is 3.04. The number of ether oxygens (including phenoxy) is 1. The van der Waals surface area contributed by atoms with E-state index >= 15 is 0 Å². The van der Waals surface area contributed by atoms with Crippen molar-refractivity contribution in [3.05, 3.63) is 24.4 Å². The molecule has 4 nitrogen and oxygen atoms in total. The number of anilines is 1. The van der Waals surface area contributed by atoms with Gasteiger partial charge in [0.25, 0.3) is 5.91 Å². The molecule has 3 rings (SSSR count). The number of nitrogens with zero attached hydrogens (tertiary/aromatic N) is 2. The minimum atomic E-state index is -0.252. The van der Waals surface area contributed by atoms with Gasteiger partial charge >= 0.3 is 0 Å². The van der Waals surface area contributed by atoms with Gasteiger partial charge in [0.05, 0.1) is 0 Å². The van der Waals surface area contributed by atoms with E-state index in [1.165, 1.54) is 0 Å². The lowest BCUT2D eigenvalue weighted by Crippen LogP contribution is -2.41. The van der Waals surface area contributed by atoms with Gasteiger partial charge in [0.15, 0.2) is 0 Å². The fraction of sp³-hybridized carbons (Fsp3) is 0.538. The Morgan fingerprint density at radius 3 is 2.82 bits per heavy atom. The molecule has 1 aromatic heterocycles. The molecule has 4 heteroatoms. The summed E-state index contributed by atoms with van der Waals surface area (Å²) in [6.07, 6.45) is 5.46. The van der Waals surface area contributed by atoms with Crippen molar-refractivity contribution in [1.82, 2.24) is 4.98 Å². The van der Waals surface area contributed by atoms with E-state index in [9.17, 15) is 4.79 Å². The molecule has 0 spiro atoms. The number of amides is 1. The van der Waals surface area contributed by atoms with Gasteiger partial charge in [-0.2, -0.15) is 0 Å². The van der Waals surface area contributed by atoms with Crippen LogP contribution in [-0.2, 0) is 9.53 Å². The molecule has 2 aliphatic rings. The smallest absolute Gasteiger partial charge is 0.257 e. The Kier molecular flexibility index (Phi) is 2.81. The summed E-state index contributed by atoms with van der Waals surface area (Å²) in [6, 6.07) is 6.01. The van der Waals surface area contributed by atoms with Gasteiger partial charge in [-0.25, -0.2) is 4.98 Å². The average molecular weight is 232 g/mol. The summed E-state index contributed by atoms with van der Waals surface area (Å²) in [5.74, 6) is 0.846. The first-order valence-electron chi connectivity index (χ1n) is 6.22. The number of rotatable bonds is 3. The maximum absolute atomic E-state index is 12.4. The molecule has 90 valence electrons. The quantitative estimate of drug-likeness (QED) is 0.797. The minimum Gasteiger partial charge on any atom is -0.368 e. The Bertz CT molecular complexity index is 397. The highest BCUT2D eigenvalue weighted by molar-refractivity contribution is 5.96. The van der Waals surface area contributed by atoms with E-state index in [0.717, 1.165) is 31.5 Å². The lowest BCUT2D eigenvalue weighted by atomic mass is 10.2. The molecule has 0 radical (unpaired) electrons. The van der Waals surface area contributed by atoms with Crippen LogP contribution >= 0.6 is 0 Å².